The van der Waals surface area contributed by atoms with Crippen LogP contribution in [0.5, 0.6) is 0 Å². The Bertz CT molecular complexity index is 206. The van der Waals surface area contributed by atoms with Crippen LogP contribution in [0.15, 0.2) is 0 Å². The second-order valence-corrected chi connectivity index (χ2v) is 5.22. The van der Waals surface area contributed by atoms with Gasteiger partial charge in [0.1, 0.15) is 0 Å². The highest BCUT2D eigenvalue weighted by molar-refractivity contribution is 4.81. The number of morpholine rings is 1. The lowest BCUT2D eigenvalue weighted by atomic mass is 10.2. The van der Waals surface area contributed by atoms with Crippen molar-refractivity contribution in [3.05, 3.63) is 0 Å². The molecular weight excluding hydrogens is 202 g/mol. The summed E-state index contributed by atoms with van der Waals surface area (Å²) in [7, 11) is 4.47. The molecule has 1 N–H and O–H groups in total. The molecule has 0 aromatic carbocycles. The topological polar surface area (TPSA) is 27.7 Å². The molecule has 16 heavy (non-hydrogen) atoms. The summed E-state index contributed by atoms with van der Waals surface area (Å²) in [5.41, 5.74) is 0. The predicted octanol–water partition coefficient (Wildman–Crippen LogP) is 0.000800. The van der Waals surface area contributed by atoms with Crippen molar-refractivity contribution in [1.82, 2.24) is 15.1 Å². The van der Waals surface area contributed by atoms with Crippen molar-refractivity contribution in [1.29, 1.82) is 0 Å². The quantitative estimate of drug-likeness (QED) is 0.732. The van der Waals surface area contributed by atoms with Crippen LogP contribution in [0.1, 0.15) is 12.8 Å². The number of hydrogen-bond donors (Lipinski definition) is 1. The molecule has 0 amide bonds. The second-order valence-electron chi connectivity index (χ2n) is 5.22. The van der Waals surface area contributed by atoms with Crippen LogP contribution in [0, 0.1) is 0 Å². The van der Waals surface area contributed by atoms with Crippen LogP contribution in [0.25, 0.3) is 0 Å². The number of likely N-dealkylation sites (N-methyl/N-ethyl adjacent to an activating group) is 2. The normalized spacial score (nSPS) is 32.4. The largest absolute Gasteiger partial charge is 0.378 e. The second kappa shape index (κ2) is 5.96. The zero-order valence-corrected chi connectivity index (χ0v) is 10.6. The van der Waals surface area contributed by atoms with Crippen LogP contribution in [0.3, 0.4) is 0 Å². The maximum absolute atomic E-state index is 5.47. The third-order valence-corrected chi connectivity index (χ3v) is 3.72. The summed E-state index contributed by atoms with van der Waals surface area (Å²) in [5.74, 6) is 0. The number of ether oxygens (including phenoxy) is 1. The van der Waals surface area contributed by atoms with E-state index in [-0.39, 0.29) is 0 Å². The van der Waals surface area contributed by atoms with Gasteiger partial charge in [-0.3, -0.25) is 0 Å². The minimum Gasteiger partial charge on any atom is -0.378 e. The van der Waals surface area contributed by atoms with Crippen LogP contribution < -0.4 is 5.32 Å². The predicted molar refractivity (Wildman–Crippen MR) is 65.8 cm³/mol. The molecule has 2 atom stereocenters. The first-order valence-electron chi connectivity index (χ1n) is 6.45. The fraction of sp³-hybridized carbons (Fsp3) is 1.00. The highest BCUT2D eigenvalue weighted by Crippen LogP contribution is 2.15. The first-order chi connectivity index (χ1) is 7.75. The third kappa shape index (κ3) is 3.42. The van der Waals surface area contributed by atoms with Crippen molar-refractivity contribution in [2.24, 2.45) is 0 Å². The zero-order valence-electron chi connectivity index (χ0n) is 10.6. The van der Waals surface area contributed by atoms with Crippen LogP contribution in [0.4, 0.5) is 0 Å². The fourth-order valence-electron chi connectivity index (χ4n) is 2.76. The van der Waals surface area contributed by atoms with E-state index in [9.17, 15) is 0 Å². The molecule has 0 aromatic heterocycles. The SMILES string of the molecule is CN(CC1COCCN1)CC1CCCN1C. The first-order valence-corrected chi connectivity index (χ1v) is 6.45. The molecule has 0 bridgehead atoms. The lowest BCUT2D eigenvalue weighted by Gasteiger charge is -2.31. The van der Waals surface area contributed by atoms with E-state index in [4.69, 9.17) is 4.74 Å². The minimum atomic E-state index is 0.519. The lowest BCUT2D eigenvalue weighted by molar-refractivity contribution is 0.0626. The van der Waals surface area contributed by atoms with E-state index in [1.54, 1.807) is 0 Å². The molecule has 0 saturated carbocycles. The molecule has 2 saturated heterocycles. The van der Waals surface area contributed by atoms with Gasteiger partial charge < -0.3 is 19.9 Å². The Morgan fingerprint density at radius 1 is 1.44 bits per heavy atom. The van der Waals surface area contributed by atoms with E-state index in [2.05, 4.69) is 29.2 Å². The molecule has 4 nitrogen and oxygen atoms in total. The van der Waals surface area contributed by atoms with Gasteiger partial charge in [0.05, 0.1) is 13.2 Å². The standard InChI is InChI=1S/C12H25N3O/c1-14(8-11-10-16-7-5-13-11)9-12-4-3-6-15(12)2/h11-13H,3-10H2,1-2H3. The maximum atomic E-state index is 5.47. The molecule has 4 heteroatoms. The lowest BCUT2D eigenvalue weighted by Crippen LogP contribution is -2.49. The van der Waals surface area contributed by atoms with E-state index in [1.165, 1.54) is 25.9 Å². The average molecular weight is 227 g/mol. The van der Waals surface area contributed by atoms with Gasteiger partial charge >= 0.3 is 0 Å². The van der Waals surface area contributed by atoms with E-state index < -0.39 is 0 Å². The molecule has 2 aliphatic heterocycles. The molecule has 2 unspecified atom stereocenters. The summed E-state index contributed by atoms with van der Waals surface area (Å²) in [6, 6.07) is 1.28. The van der Waals surface area contributed by atoms with Crippen LogP contribution >= 0.6 is 0 Å². The van der Waals surface area contributed by atoms with Gasteiger partial charge in [-0.2, -0.15) is 0 Å². The summed E-state index contributed by atoms with van der Waals surface area (Å²) in [4.78, 5) is 4.93. The highest BCUT2D eigenvalue weighted by atomic mass is 16.5. The van der Waals surface area contributed by atoms with E-state index in [0.717, 1.165) is 32.3 Å². The Hall–Kier alpha value is -0.160. The van der Waals surface area contributed by atoms with Gasteiger partial charge in [-0.25, -0.2) is 0 Å². The summed E-state index contributed by atoms with van der Waals surface area (Å²) < 4.78 is 5.47. The molecule has 0 radical (unpaired) electrons. The van der Waals surface area contributed by atoms with E-state index in [0.29, 0.717) is 6.04 Å². The Morgan fingerprint density at radius 2 is 2.31 bits per heavy atom. The Balaban J connectivity index is 1.68. The zero-order chi connectivity index (χ0) is 11.4. The molecule has 0 spiro atoms. The van der Waals surface area contributed by atoms with Gasteiger partial charge in [0, 0.05) is 31.7 Å². The van der Waals surface area contributed by atoms with Gasteiger partial charge in [0.15, 0.2) is 0 Å². The van der Waals surface area contributed by atoms with Crippen molar-refractivity contribution in [2.75, 3.05) is 53.5 Å². The molecule has 94 valence electrons. The molecule has 0 aromatic rings. The summed E-state index contributed by atoms with van der Waals surface area (Å²) in [6.07, 6.45) is 2.72. The molecule has 2 rings (SSSR count). The van der Waals surface area contributed by atoms with Crippen molar-refractivity contribution in [3.63, 3.8) is 0 Å². The van der Waals surface area contributed by atoms with Gasteiger partial charge in [0.25, 0.3) is 0 Å². The van der Waals surface area contributed by atoms with Crippen molar-refractivity contribution in [2.45, 2.75) is 24.9 Å². The number of nitrogens with zero attached hydrogens (tertiary/aromatic N) is 2. The highest BCUT2D eigenvalue weighted by Gasteiger charge is 2.23. The monoisotopic (exact) mass is 227 g/mol. The summed E-state index contributed by atoms with van der Waals surface area (Å²) in [5, 5.41) is 3.51. The van der Waals surface area contributed by atoms with Crippen LogP contribution in [-0.2, 0) is 4.74 Å². The van der Waals surface area contributed by atoms with Crippen molar-refractivity contribution >= 4 is 0 Å². The Morgan fingerprint density at radius 3 is 2.94 bits per heavy atom. The minimum absolute atomic E-state index is 0.519. The molecule has 2 heterocycles. The molecule has 0 aliphatic carbocycles. The van der Waals surface area contributed by atoms with Crippen LogP contribution in [-0.4, -0.2) is 75.4 Å². The Kier molecular flexibility index (Phi) is 4.58. The van der Waals surface area contributed by atoms with Crippen molar-refractivity contribution < 1.29 is 4.74 Å². The third-order valence-electron chi connectivity index (χ3n) is 3.72. The van der Waals surface area contributed by atoms with Gasteiger partial charge in [-0.1, -0.05) is 0 Å². The van der Waals surface area contributed by atoms with Gasteiger partial charge in [-0.05, 0) is 33.5 Å². The molecule has 2 aliphatic rings. The summed E-state index contributed by atoms with van der Waals surface area (Å²) >= 11 is 0. The smallest absolute Gasteiger partial charge is 0.0632 e. The summed E-state index contributed by atoms with van der Waals surface area (Å²) in [6.45, 7) is 6.29. The number of rotatable bonds is 4. The molecule has 2 fully saturated rings. The number of likely N-dealkylation sites (tertiary alicyclic amines) is 1. The number of nitrogens with one attached hydrogen (secondary N) is 1. The van der Waals surface area contributed by atoms with Gasteiger partial charge in [-0.15, -0.1) is 0 Å². The molecular formula is C12H25N3O. The van der Waals surface area contributed by atoms with Crippen molar-refractivity contribution in [3.8, 4) is 0 Å². The van der Waals surface area contributed by atoms with Crippen LogP contribution in [0.2, 0.25) is 0 Å². The Labute approximate surface area is 98.9 Å². The van der Waals surface area contributed by atoms with E-state index >= 15 is 0 Å². The average Bonchev–Trinajstić information content (AvgIpc) is 2.66. The number of hydrogen-bond acceptors (Lipinski definition) is 4. The van der Waals surface area contributed by atoms with E-state index in [1.807, 2.05) is 0 Å². The first kappa shape index (κ1) is 12.3. The fourth-order valence-corrected chi connectivity index (χ4v) is 2.76. The van der Waals surface area contributed by atoms with Gasteiger partial charge in [0.2, 0.25) is 0 Å². The maximum Gasteiger partial charge on any atom is 0.0632 e.